The van der Waals surface area contributed by atoms with Crippen LogP contribution in [0.25, 0.3) is 6.08 Å². The number of anilines is 2. The minimum Gasteiger partial charge on any atom is -0.384 e. The first-order valence-electron chi connectivity index (χ1n) is 6.00. The van der Waals surface area contributed by atoms with E-state index >= 15 is 0 Å². The van der Waals surface area contributed by atoms with Gasteiger partial charge in [-0.2, -0.15) is 0 Å². The first-order valence-corrected chi connectivity index (χ1v) is 6.00. The van der Waals surface area contributed by atoms with E-state index in [1.165, 1.54) is 24.4 Å². The van der Waals surface area contributed by atoms with Crippen LogP contribution in [-0.4, -0.2) is 15.8 Å². The Morgan fingerprint density at radius 2 is 2.05 bits per heavy atom. The second kappa shape index (κ2) is 6.29. The number of pyridine rings is 1. The fraction of sp³-hybridized carbons (Fsp3) is 0. The molecular formula is C14H12N4O3. The van der Waals surface area contributed by atoms with Gasteiger partial charge in [0.2, 0.25) is 5.91 Å². The molecule has 1 heterocycles. The molecule has 0 saturated heterocycles. The Morgan fingerprint density at radius 1 is 1.29 bits per heavy atom. The molecule has 0 radical (unpaired) electrons. The number of nitrogen functional groups attached to an aromatic ring is 1. The number of nitro benzene ring substituents is 1. The van der Waals surface area contributed by atoms with Crippen molar-refractivity contribution >= 4 is 29.2 Å². The standard InChI is InChI=1S/C14H12N4O3/c15-13-7-6-11(9-16-13)17-14(19)8-5-10-3-1-2-4-12(10)18(20)21/h1-9H,(H2,15,16)(H,17,19). The van der Waals surface area contributed by atoms with Gasteiger partial charge in [0.15, 0.2) is 0 Å². The van der Waals surface area contributed by atoms with Crippen LogP contribution in [0, 0.1) is 10.1 Å². The predicted molar refractivity (Wildman–Crippen MR) is 79.4 cm³/mol. The first kappa shape index (κ1) is 14.2. The molecule has 2 aromatic rings. The maximum Gasteiger partial charge on any atom is 0.276 e. The van der Waals surface area contributed by atoms with Gasteiger partial charge in [0, 0.05) is 12.1 Å². The molecule has 0 bridgehead atoms. The number of nitrogens with zero attached hydrogens (tertiary/aromatic N) is 2. The van der Waals surface area contributed by atoms with E-state index < -0.39 is 10.8 Å². The average Bonchev–Trinajstić information content (AvgIpc) is 2.48. The van der Waals surface area contributed by atoms with Crippen molar-refractivity contribution in [2.75, 3.05) is 11.1 Å². The molecular weight excluding hydrogens is 272 g/mol. The van der Waals surface area contributed by atoms with Crippen LogP contribution < -0.4 is 11.1 Å². The van der Waals surface area contributed by atoms with Crippen molar-refractivity contribution in [3.05, 3.63) is 64.3 Å². The van der Waals surface area contributed by atoms with Gasteiger partial charge in [-0.25, -0.2) is 4.98 Å². The molecule has 0 saturated carbocycles. The minimum absolute atomic E-state index is 0.0595. The van der Waals surface area contributed by atoms with Gasteiger partial charge in [-0.3, -0.25) is 14.9 Å². The lowest BCUT2D eigenvalue weighted by molar-refractivity contribution is -0.385. The highest BCUT2D eigenvalue weighted by molar-refractivity contribution is 6.02. The molecule has 0 atom stereocenters. The molecule has 7 heteroatoms. The number of nitrogens with one attached hydrogen (secondary N) is 1. The van der Waals surface area contributed by atoms with Gasteiger partial charge in [0.1, 0.15) is 5.82 Å². The smallest absolute Gasteiger partial charge is 0.276 e. The van der Waals surface area contributed by atoms with Crippen LogP contribution in [0.5, 0.6) is 0 Å². The lowest BCUT2D eigenvalue weighted by atomic mass is 10.1. The number of hydrogen-bond donors (Lipinski definition) is 2. The third-order valence-corrected chi connectivity index (χ3v) is 2.60. The van der Waals surface area contributed by atoms with E-state index in [9.17, 15) is 14.9 Å². The van der Waals surface area contributed by atoms with Crippen LogP contribution in [0.4, 0.5) is 17.2 Å². The molecule has 21 heavy (non-hydrogen) atoms. The maximum atomic E-state index is 11.7. The van der Waals surface area contributed by atoms with Crippen molar-refractivity contribution in [3.8, 4) is 0 Å². The Hall–Kier alpha value is -3.22. The molecule has 0 spiro atoms. The third-order valence-electron chi connectivity index (χ3n) is 2.60. The second-order valence-electron chi connectivity index (χ2n) is 4.11. The second-order valence-corrected chi connectivity index (χ2v) is 4.11. The molecule has 106 valence electrons. The van der Waals surface area contributed by atoms with E-state index in [0.717, 1.165) is 0 Å². The molecule has 0 aliphatic carbocycles. The summed E-state index contributed by atoms with van der Waals surface area (Å²) < 4.78 is 0. The number of rotatable bonds is 4. The first-order chi connectivity index (χ1) is 10.1. The molecule has 3 N–H and O–H groups in total. The number of carbonyl (C=O) groups is 1. The van der Waals surface area contributed by atoms with Crippen LogP contribution in [0.3, 0.4) is 0 Å². The van der Waals surface area contributed by atoms with Crippen LogP contribution in [-0.2, 0) is 4.79 Å². The Bertz CT molecular complexity index is 696. The van der Waals surface area contributed by atoms with Gasteiger partial charge in [0.05, 0.1) is 22.4 Å². The molecule has 0 unspecified atom stereocenters. The number of hydrogen-bond acceptors (Lipinski definition) is 5. The SMILES string of the molecule is Nc1ccc(NC(=O)C=Cc2ccccc2[N+](=O)[O-])cn1. The Morgan fingerprint density at radius 3 is 2.71 bits per heavy atom. The van der Waals surface area contributed by atoms with Gasteiger partial charge in [0.25, 0.3) is 5.69 Å². The van der Waals surface area contributed by atoms with E-state index in [-0.39, 0.29) is 5.69 Å². The van der Waals surface area contributed by atoms with Crippen LogP contribution in [0.2, 0.25) is 0 Å². The van der Waals surface area contributed by atoms with E-state index in [1.54, 1.807) is 30.3 Å². The summed E-state index contributed by atoms with van der Waals surface area (Å²) in [6.07, 6.45) is 4.03. The number of nitro groups is 1. The van der Waals surface area contributed by atoms with Gasteiger partial charge >= 0.3 is 0 Å². The molecule has 0 fully saturated rings. The average molecular weight is 284 g/mol. The fourth-order valence-corrected chi connectivity index (χ4v) is 1.62. The minimum atomic E-state index is -0.499. The maximum absolute atomic E-state index is 11.7. The molecule has 2 rings (SSSR count). The molecule has 0 aliphatic rings. The summed E-state index contributed by atoms with van der Waals surface area (Å²) in [6, 6.07) is 9.33. The predicted octanol–water partition coefficient (Wildman–Crippen LogP) is 2.22. The Balaban J connectivity index is 2.09. The van der Waals surface area contributed by atoms with Crippen LogP contribution in [0.15, 0.2) is 48.7 Å². The zero-order valence-electron chi connectivity index (χ0n) is 10.9. The van der Waals surface area contributed by atoms with Crippen molar-refractivity contribution in [2.24, 2.45) is 0 Å². The molecule has 1 aromatic carbocycles. The number of para-hydroxylation sites is 1. The molecule has 1 amide bonds. The summed E-state index contributed by atoms with van der Waals surface area (Å²) in [7, 11) is 0. The molecule has 7 nitrogen and oxygen atoms in total. The van der Waals surface area contributed by atoms with E-state index in [2.05, 4.69) is 10.3 Å². The van der Waals surface area contributed by atoms with Crippen molar-refractivity contribution in [3.63, 3.8) is 0 Å². The molecule has 0 aliphatic heterocycles. The normalized spacial score (nSPS) is 10.5. The monoisotopic (exact) mass is 284 g/mol. The zero-order chi connectivity index (χ0) is 15.2. The topological polar surface area (TPSA) is 111 Å². The zero-order valence-corrected chi connectivity index (χ0v) is 10.9. The fourth-order valence-electron chi connectivity index (χ4n) is 1.62. The van der Waals surface area contributed by atoms with Gasteiger partial charge in [-0.15, -0.1) is 0 Å². The highest BCUT2D eigenvalue weighted by atomic mass is 16.6. The number of aromatic nitrogens is 1. The summed E-state index contributed by atoms with van der Waals surface area (Å²) in [6.45, 7) is 0. The van der Waals surface area contributed by atoms with Crippen LogP contribution >= 0.6 is 0 Å². The van der Waals surface area contributed by atoms with Crippen LogP contribution in [0.1, 0.15) is 5.56 Å². The Kier molecular flexibility index (Phi) is 4.25. The summed E-state index contributed by atoms with van der Waals surface area (Å²) in [4.78, 5) is 25.9. The van der Waals surface area contributed by atoms with Gasteiger partial charge in [-0.1, -0.05) is 12.1 Å². The van der Waals surface area contributed by atoms with Crippen molar-refractivity contribution in [2.45, 2.75) is 0 Å². The third kappa shape index (κ3) is 3.87. The molecule has 1 aromatic heterocycles. The van der Waals surface area contributed by atoms with Gasteiger partial charge in [-0.05, 0) is 24.3 Å². The summed E-state index contributed by atoms with van der Waals surface area (Å²) >= 11 is 0. The van der Waals surface area contributed by atoms with Crippen molar-refractivity contribution in [1.82, 2.24) is 4.98 Å². The Labute approximate surface area is 120 Å². The number of amides is 1. The lowest BCUT2D eigenvalue weighted by Crippen LogP contribution is -2.08. The highest BCUT2D eigenvalue weighted by Crippen LogP contribution is 2.19. The van der Waals surface area contributed by atoms with Crippen molar-refractivity contribution < 1.29 is 9.72 Å². The summed E-state index contributed by atoms with van der Waals surface area (Å²) in [5.41, 5.74) is 6.22. The summed E-state index contributed by atoms with van der Waals surface area (Å²) in [5, 5.41) is 13.4. The lowest BCUT2D eigenvalue weighted by Gasteiger charge is -2.01. The van der Waals surface area contributed by atoms with Gasteiger partial charge < -0.3 is 11.1 Å². The van der Waals surface area contributed by atoms with Crippen molar-refractivity contribution in [1.29, 1.82) is 0 Å². The highest BCUT2D eigenvalue weighted by Gasteiger charge is 2.09. The van der Waals surface area contributed by atoms with E-state index in [0.29, 0.717) is 17.1 Å². The largest absolute Gasteiger partial charge is 0.384 e. The van der Waals surface area contributed by atoms with E-state index in [1.807, 2.05) is 0 Å². The summed E-state index contributed by atoms with van der Waals surface area (Å²) in [5.74, 6) is -0.0665. The number of nitrogens with two attached hydrogens (primary N) is 1. The number of benzene rings is 1. The van der Waals surface area contributed by atoms with E-state index in [4.69, 9.17) is 5.73 Å². The number of carbonyl (C=O) groups excluding carboxylic acids is 1. The quantitative estimate of drug-likeness (QED) is 0.508.